The van der Waals surface area contributed by atoms with Crippen molar-refractivity contribution in [1.82, 2.24) is 4.72 Å². The molecule has 0 spiro atoms. The molecule has 1 aromatic heterocycles. The summed E-state index contributed by atoms with van der Waals surface area (Å²) in [4.78, 5) is 0.598. The van der Waals surface area contributed by atoms with Gasteiger partial charge in [-0.2, -0.15) is 0 Å². The fourth-order valence-electron chi connectivity index (χ4n) is 1.98. The first-order chi connectivity index (χ1) is 9.94. The Morgan fingerprint density at radius 2 is 2.14 bits per heavy atom. The average Bonchev–Trinajstić information content (AvgIpc) is 2.91. The van der Waals surface area contributed by atoms with E-state index in [9.17, 15) is 12.8 Å². The van der Waals surface area contributed by atoms with Crippen LogP contribution in [0.5, 0.6) is 0 Å². The van der Waals surface area contributed by atoms with Gasteiger partial charge in [-0.3, -0.25) is 0 Å². The lowest BCUT2D eigenvalue weighted by Crippen LogP contribution is -2.28. The molecule has 0 saturated carbocycles. The van der Waals surface area contributed by atoms with Gasteiger partial charge in [-0.05, 0) is 36.1 Å². The van der Waals surface area contributed by atoms with Gasteiger partial charge in [0.15, 0.2) is 0 Å². The smallest absolute Gasteiger partial charge is 0.207 e. The van der Waals surface area contributed by atoms with Gasteiger partial charge in [0.2, 0.25) is 10.0 Å². The Morgan fingerprint density at radius 1 is 1.38 bits per heavy atom. The maximum absolute atomic E-state index is 13.9. The van der Waals surface area contributed by atoms with Gasteiger partial charge >= 0.3 is 0 Å². The Hall–Kier alpha value is -0.760. The van der Waals surface area contributed by atoms with Crippen LogP contribution >= 0.6 is 27.3 Å². The molecule has 0 amide bonds. The molecule has 2 rings (SSSR count). The van der Waals surface area contributed by atoms with Crippen LogP contribution in [0.15, 0.2) is 45.1 Å². The maximum atomic E-state index is 13.9. The minimum atomic E-state index is -3.89. The van der Waals surface area contributed by atoms with E-state index in [0.29, 0.717) is 10.9 Å². The molecule has 114 valence electrons. The second kappa shape index (κ2) is 7.00. The molecular formula is C14H15BrFNO2S2. The minimum Gasteiger partial charge on any atom is -0.207 e. The molecule has 3 nitrogen and oxygen atoms in total. The number of thiophene rings is 1. The highest BCUT2D eigenvalue weighted by molar-refractivity contribution is 9.10. The van der Waals surface area contributed by atoms with Crippen molar-refractivity contribution in [3.63, 3.8) is 0 Å². The third-order valence-corrected chi connectivity index (χ3v) is 5.93. The van der Waals surface area contributed by atoms with E-state index in [2.05, 4.69) is 20.7 Å². The molecule has 0 bridgehead atoms. The number of rotatable bonds is 6. The first-order valence-corrected chi connectivity index (χ1v) is 9.60. The SMILES string of the molecule is CCCC(NS(=O)(=O)c1ccc(Br)cc1F)c1cccs1. The summed E-state index contributed by atoms with van der Waals surface area (Å²) in [6, 6.07) is 7.34. The van der Waals surface area contributed by atoms with Crippen LogP contribution in [0.4, 0.5) is 4.39 Å². The molecule has 0 aliphatic heterocycles. The Morgan fingerprint density at radius 3 is 2.71 bits per heavy atom. The molecule has 0 aliphatic carbocycles. The predicted octanol–water partition coefficient (Wildman–Crippen LogP) is 4.47. The zero-order valence-electron chi connectivity index (χ0n) is 11.3. The van der Waals surface area contributed by atoms with Crippen LogP contribution in [0, 0.1) is 5.82 Å². The summed E-state index contributed by atoms with van der Waals surface area (Å²) in [5.74, 6) is -0.765. The molecule has 21 heavy (non-hydrogen) atoms. The quantitative estimate of drug-likeness (QED) is 0.789. The molecule has 0 fully saturated rings. The molecule has 1 N–H and O–H groups in total. The van der Waals surface area contributed by atoms with Crippen molar-refractivity contribution in [3.05, 3.63) is 50.9 Å². The number of sulfonamides is 1. The fraction of sp³-hybridized carbons (Fsp3) is 0.286. The van der Waals surface area contributed by atoms with Crippen molar-refractivity contribution in [2.75, 3.05) is 0 Å². The first-order valence-electron chi connectivity index (χ1n) is 6.45. The van der Waals surface area contributed by atoms with Crippen LogP contribution in [-0.4, -0.2) is 8.42 Å². The molecule has 1 heterocycles. The number of hydrogen-bond acceptors (Lipinski definition) is 3. The van der Waals surface area contributed by atoms with Crippen LogP contribution in [0.3, 0.4) is 0 Å². The zero-order chi connectivity index (χ0) is 15.5. The molecule has 0 saturated heterocycles. The summed E-state index contributed by atoms with van der Waals surface area (Å²) in [5, 5.41) is 1.90. The normalized spacial score (nSPS) is 13.3. The van der Waals surface area contributed by atoms with Crippen molar-refractivity contribution in [3.8, 4) is 0 Å². The summed E-state index contributed by atoms with van der Waals surface area (Å²) in [6.07, 6.45) is 1.49. The van der Waals surface area contributed by atoms with Gasteiger partial charge in [-0.25, -0.2) is 17.5 Å². The van der Waals surface area contributed by atoms with E-state index in [1.807, 2.05) is 24.4 Å². The van der Waals surface area contributed by atoms with E-state index < -0.39 is 15.8 Å². The third-order valence-electron chi connectivity index (χ3n) is 2.94. The topological polar surface area (TPSA) is 46.2 Å². The number of benzene rings is 1. The molecule has 7 heteroatoms. The Kier molecular flexibility index (Phi) is 5.54. The lowest BCUT2D eigenvalue weighted by atomic mass is 10.1. The minimum absolute atomic E-state index is 0.330. The summed E-state index contributed by atoms with van der Waals surface area (Å²) < 4.78 is 41.7. The lowest BCUT2D eigenvalue weighted by Gasteiger charge is -2.17. The molecule has 2 aromatic rings. The van der Waals surface area contributed by atoms with Gasteiger partial charge < -0.3 is 0 Å². The van der Waals surface area contributed by atoms with E-state index in [1.54, 1.807) is 0 Å². The molecular weight excluding hydrogens is 377 g/mol. The second-order valence-electron chi connectivity index (χ2n) is 4.55. The van der Waals surface area contributed by atoms with Gasteiger partial charge in [-0.15, -0.1) is 11.3 Å². The summed E-state index contributed by atoms with van der Waals surface area (Å²) in [6.45, 7) is 1.98. The number of halogens is 2. The third kappa shape index (κ3) is 4.12. The van der Waals surface area contributed by atoms with Gasteiger partial charge in [0.05, 0.1) is 6.04 Å². The Balaban J connectivity index is 2.30. The van der Waals surface area contributed by atoms with Crippen molar-refractivity contribution in [1.29, 1.82) is 0 Å². The molecule has 1 unspecified atom stereocenters. The Bertz CT molecular complexity index is 702. The van der Waals surface area contributed by atoms with Crippen LogP contribution in [0.2, 0.25) is 0 Å². The van der Waals surface area contributed by atoms with Crippen molar-refractivity contribution in [2.45, 2.75) is 30.7 Å². The lowest BCUT2D eigenvalue weighted by molar-refractivity contribution is 0.528. The summed E-state index contributed by atoms with van der Waals surface area (Å²) in [7, 11) is -3.89. The fourth-order valence-corrected chi connectivity index (χ4v) is 4.51. The zero-order valence-corrected chi connectivity index (χ0v) is 14.6. The highest BCUT2D eigenvalue weighted by Crippen LogP contribution is 2.27. The number of nitrogens with one attached hydrogen (secondary N) is 1. The molecule has 0 aliphatic rings. The maximum Gasteiger partial charge on any atom is 0.244 e. The molecule has 1 aromatic carbocycles. The van der Waals surface area contributed by atoms with Gasteiger partial charge in [0.25, 0.3) is 0 Å². The monoisotopic (exact) mass is 391 g/mol. The van der Waals surface area contributed by atoms with Crippen LogP contribution < -0.4 is 4.72 Å². The molecule has 1 atom stereocenters. The Labute approximate surface area is 136 Å². The van der Waals surface area contributed by atoms with E-state index in [4.69, 9.17) is 0 Å². The van der Waals surface area contributed by atoms with E-state index in [-0.39, 0.29) is 10.9 Å². The first kappa shape index (κ1) is 16.6. The van der Waals surface area contributed by atoms with Gasteiger partial charge in [0, 0.05) is 9.35 Å². The van der Waals surface area contributed by atoms with Crippen LogP contribution in [-0.2, 0) is 10.0 Å². The molecule has 0 radical (unpaired) electrons. The largest absolute Gasteiger partial charge is 0.244 e. The van der Waals surface area contributed by atoms with Crippen molar-refractivity contribution >= 4 is 37.3 Å². The summed E-state index contributed by atoms with van der Waals surface area (Å²) in [5.41, 5.74) is 0. The van der Waals surface area contributed by atoms with E-state index >= 15 is 0 Å². The average molecular weight is 392 g/mol. The van der Waals surface area contributed by atoms with Crippen LogP contribution in [0.1, 0.15) is 30.7 Å². The van der Waals surface area contributed by atoms with Gasteiger partial charge in [-0.1, -0.05) is 35.3 Å². The van der Waals surface area contributed by atoms with E-state index in [1.165, 1.54) is 23.5 Å². The van der Waals surface area contributed by atoms with Crippen LogP contribution in [0.25, 0.3) is 0 Å². The summed E-state index contributed by atoms with van der Waals surface area (Å²) >= 11 is 4.60. The van der Waals surface area contributed by atoms with Gasteiger partial charge in [0.1, 0.15) is 10.7 Å². The predicted molar refractivity (Wildman–Crippen MR) is 86.4 cm³/mol. The van der Waals surface area contributed by atoms with E-state index in [0.717, 1.165) is 17.4 Å². The van der Waals surface area contributed by atoms with Crippen molar-refractivity contribution in [2.24, 2.45) is 0 Å². The highest BCUT2D eigenvalue weighted by Gasteiger charge is 2.24. The number of hydrogen-bond donors (Lipinski definition) is 1. The highest BCUT2D eigenvalue weighted by atomic mass is 79.9. The second-order valence-corrected chi connectivity index (χ2v) is 8.13. The standard InChI is InChI=1S/C14H15BrFNO2S2/c1-2-4-12(13-5-3-8-20-13)17-21(18,19)14-7-6-10(15)9-11(14)16/h3,5-9,12,17H,2,4H2,1H3. The van der Waals surface area contributed by atoms with Crippen molar-refractivity contribution < 1.29 is 12.8 Å².